The summed E-state index contributed by atoms with van der Waals surface area (Å²) >= 11 is 7.48. The van der Waals surface area contributed by atoms with E-state index in [0.29, 0.717) is 23.2 Å². The number of thiophene rings is 1. The summed E-state index contributed by atoms with van der Waals surface area (Å²) < 4.78 is 1.63. The Morgan fingerprint density at radius 2 is 2.12 bits per heavy atom. The van der Waals surface area contributed by atoms with Gasteiger partial charge in [-0.3, -0.25) is 4.79 Å². The van der Waals surface area contributed by atoms with Crippen molar-refractivity contribution in [2.24, 2.45) is 0 Å². The van der Waals surface area contributed by atoms with E-state index in [1.807, 2.05) is 6.92 Å². The third-order valence-corrected chi connectivity index (χ3v) is 5.49. The molecule has 3 aromatic rings. The fourth-order valence-electron chi connectivity index (χ4n) is 3.10. The van der Waals surface area contributed by atoms with Gasteiger partial charge in [0.1, 0.15) is 5.82 Å². The lowest BCUT2D eigenvalue weighted by atomic mass is 9.89. The number of carbonyl (C=O) groups is 1. The first-order valence-corrected chi connectivity index (χ1v) is 8.73. The Hall–Kier alpha value is -2.25. The molecule has 3 aromatic heterocycles. The first-order chi connectivity index (χ1) is 11.5. The Morgan fingerprint density at radius 3 is 2.79 bits per heavy atom. The van der Waals surface area contributed by atoms with Crippen molar-refractivity contribution < 1.29 is 4.79 Å². The molecule has 8 heteroatoms. The van der Waals surface area contributed by atoms with Crippen LogP contribution in [0.15, 0.2) is 23.6 Å². The van der Waals surface area contributed by atoms with E-state index in [2.05, 4.69) is 39.0 Å². The molecule has 4 rings (SSSR count). The van der Waals surface area contributed by atoms with Gasteiger partial charge in [0.25, 0.3) is 0 Å². The zero-order chi connectivity index (χ0) is 16.8. The van der Waals surface area contributed by atoms with Gasteiger partial charge in [-0.2, -0.15) is 9.78 Å². The molecule has 1 amide bonds. The number of nitrogens with zero attached hydrogens (tertiary/aromatic N) is 4. The van der Waals surface area contributed by atoms with Gasteiger partial charge in [0, 0.05) is 22.8 Å². The maximum Gasteiger partial charge on any atom is 0.226 e. The lowest BCUT2D eigenvalue weighted by Crippen LogP contribution is -2.25. The first-order valence-electron chi connectivity index (χ1n) is 7.47. The number of halogens is 1. The monoisotopic (exact) mass is 359 g/mol. The zero-order valence-corrected chi connectivity index (χ0v) is 14.6. The Kier molecular flexibility index (Phi) is 3.62. The van der Waals surface area contributed by atoms with E-state index in [9.17, 15) is 4.79 Å². The normalized spacial score (nSPS) is 16.8. The van der Waals surface area contributed by atoms with Gasteiger partial charge in [-0.25, -0.2) is 0 Å². The number of fused-ring (bicyclic) bond motifs is 1. The van der Waals surface area contributed by atoms with E-state index in [-0.39, 0.29) is 11.8 Å². The lowest BCUT2D eigenvalue weighted by molar-refractivity contribution is -0.116. The van der Waals surface area contributed by atoms with Crippen LogP contribution >= 0.6 is 22.9 Å². The van der Waals surface area contributed by atoms with E-state index < -0.39 is 0 Å². The molecule has 122 valence electrons. The molecule has 1 aliphatic heterocycles. The smallest absolute Gasteiger partial charge is 0.226 e. The summed E-state index contributed by atoms with van der Waals surface area (Å²) in [5.74, 6) is 1.18. The molecule has 0 fully saturated rings. The highest BCUT2D eigenvalue weighted by Gasteiger charge is 2.34. The second-order valence-electron chi connectivity index (χ2n) is 5.75. The van der Waals surface area contributed by atoms with E-state index in [1.165, 1.54) is 10.4 Å². The third-order valence-electron chi connectivity index (χ3n) is 4.16. The SMILES string of the molecule is Cc1ccsc1[C@H]1CC(=O)Nc2c1c(C)nn2-c1ccc(Cl)nn1. The fourth-order valence-corrected chi connectivity index (χ4v) is 4.24. The molecule has 6 nitrogen and oxygen atoms in total. The Labute approximate surface area is 147 Å². The Balaban J connectivity index is 1.89. The summed E-state index contributed by atoms with van der Waals surface area (Å²) in [6, 6.07) is 5.46. The summed E-state index contributed by atoms with van der Waals surface area (Å²) in [6.45, 7) is 4.02. The molecule has 0 unspecified atom stereocenters. The van der Waals surface area contributed by atoms with Crippen molar-refractivity contribution in [3.05, 3.63) is 50.4 Å². The summed E-state index contributed by atoms with van der Waals surface area (Å²) in [5, 5.41) is 17.8. The van der Waals surface area contributed by atoms with Gasteiger partial charge in [0.15, 0.2) is 11.0 Å². The van der Waals surface area contributed by atoms with Gasteiger partial charge in [0.05, 0.1) is 5.69 Å². The second-order valence-corrected chi connectivity index (χ2v) is 7.08. The van der Waals surface area contributed by atoms with Crippen LogP contribution in [0.3, 0.4) is 0 Å². The topological polar surface area (TPSA) is 72.7 Å². The molecular weight excluding hydrogens is 346 g/mol. The van der Waals surface area contributed by atoms with E-state index in [1.54, 1.807) is 28.2 Å². The van der Waals surface area contributed by atoms with Crippen LogP contribution in [0.5, 0.6) is 0 Å². The molecule has 0 aromatic carbocycles. The number of anilines is 1. The average molecular weight is 360 g/mol. The molecule has 1 N–H and O–H groups in total. The Morgan fingerprint density at radius 1 is 1.29 bits per heavy atom. The fraction of sp³-hybridized carbons (Fsp3) is 0.250. The molecular formula is C16H14ClN5OS. The van der Waals surface area contributed by atoms with Crippen LogP contribution in [-0.4, -0.2) is 25.9 Å². The van der Waals surface area contributed by atoms with Crippen molar-refractivity contribution in [2.45, 2.75) is 26.2 Å². The van der Waals surface area contributed by atoms with Gasteiger partial charge in [0.2, 0.25) is 5.91 Å². The summed E-state index contributed by atoms with van der Waals surface area (Å²) in [4.78, 5) is 13.5. The van der Waals surface area contributed by atoms with Crippen LogP contribution < -0.4 is 5.32 Å². The predicted molar refractivity (Wildman–Crippen MR) is 93.0 cm³/mol. The summed E-state index contributed by atoms with van der Waals surface area (Å²) in [6.07, 6.45) is 0.424. The lowest BCUT2D eigenvalue weighted by Gasteiger charge is -2.23. The number of carbonyl (C=O) groups excluding carboxylic acids is 1. The van der Waals surface area contributed by atoms with Crippen LogP contribution in [0.4, 0.5) is 5.82 Å². The quantitative estimate of drug-likeness (QED) is 0.760. The minimum atomic E-state index is -0.0247. The third kappa shape index (κ3) is 2.40. The van der Waals surface area contributed by atoms with Gasteiger partial charge in [-0.1, -0.05) is 11.6 Å². The highest BCUT2D eigenvalue weighted by Crippen LogP contribution is 2.42. The van der Waals surface area contributed by atoms with Crippen molar-refractivity contribution in [1.29, 1.82) is 0 Å². The number of hydrogen-bond acceptors (Lipinski definition) is 5. The number of aryl methyl sites for hydroxylation is 2. The van der Waals surface area contributed by atoms with Crippen molar-refractivity contribution in [3.8, 4) is 5.82 Å². The maximum atomic E-state index is 12.3. The van der Waals surface area contributed by atoms with Gasteiger partial charge in [-0.05, 0) is 43.0 Å². The molecule has 0 radical (unpaired) electrons. The summed E-state index contributed by atoms with van der Waals surface area (Å²) in [7, 11) is 0. The largest absolute Gasteiger partial charge is 0.310 e. The Bertz CT molecular complexity index is 931. The predicted octanol–water partition coefficient (Wildman–Crippen LogP) is 3.47. The molecule has 0 saturated heterocycles. The number of aromatic nitrogens is 4. The zero-order valence-electron chi connectivity index (χ0n) is 13.1. The van der Waals surface area contributed by atoms with Crippen LogP contribution in [0, 0.1) is 13.8 Å². The van der Waals surface area contributed by atoms with Crippen molar-refractivity contribution in [1.82, 2.24) is 20.0 Å². The van der Waals surface area contributed by atoms with Gasteiger partial charge >= 0.3 is 0 Å². The molecule has 4 heterocycles. The highest BCUT2D eigenvalue weighted by molar-refractivity contribution is 7.10. The average Bonchev–Trinajstić information content (AvgIpc) is 3.11. The highest BCUT2D eigenvalue weighted by atomic mass is 35.5. The number of amides is 1. The van der Waals surface area contributed by atoms with Crippen molar-refractivity contribution in [3.63, 3.8) is 0 Å². The van der Waals surface area contributed by atoms with E-state index in [4.69, 9.17) is 11.6 Å². The number of hydrogen-bond donors (Lipinski definition) is 1. The van der Waals surface area contributed by atoms with Crippen molar-refractivity contribution >= 4 is 34.7 Å². The molecule has 0 aliphatic carbocycles. The van der Waals surface area contributed by atoms with Gasteiger partial charge in [-0.15, -0.1) is 21.5 Å². The molecule has 0 bridgehead atoms. The van der Waals surface area contributed by atoms with Crippen LogP contribution in [0.1, 0.15) is 34.0 Å². The minimum absolute atomic E-state index is 0.0164. The molecule has 1 atom stereocenters. The van der Waals surface area contributed by atoms with E-state index >= 15 is 0 Å². The standard InChI is InChI=1S/C16H14ClN5OS/c1-8-5-6-24-15(8)10-7-13(23)18-16-14(10)9(2)21-22(16)12-4-3-11(17)19-20-12/h3-6,10H,7H2,1-2H3,(H,18,23)/t10-/m0/s1. The number of nitrogens with one attached hydrogen (secondary N) is 1. The van der Waals surface area contributed by atoms with Crippen molar-refractivity contribution in [2.75, 3.05) is 5.32 Å². The molecule has 24 heavy (non-hydrogen) atoms. The molecule has 0 saturated carbocycles. The second kappa shape index (κ2) is 5.68. The van der Waals surface area contributed by atoms with Crippen LogP contribution in [0.25, 0.3) is 5.82 Å². The maximum absolute atomic E-state index is 12.3. The van der Waals surface area contributed by atoms with Crippen LogP contribution in [0.2, 0.25) is 5.15 Å². The summed E-state index contributed by atoms with van der Waals surface area (Å²) in [5.41, 5.74) is 3.11. The number of rotatable bonds is 2. The van der Waals surface area contributed by atoms with E-state index in [0.717, 1.165) is 11.3 Å². The molecule has 1 aliphatic rings. The molecule has 0 spiro atoms. The first kappa shape index (κ1) is 15.3. The van der Waals surface area contributed by atoms with Crippen LogP contribution in [-0.2, 0) is 4.79 Å². The minimum Gasteiger partial charge on any atom is -0.310 e. The van der Waals surface area contributed by atoms with Gasteiger partial charge < -0.3 is 5.32 Å².